The second-order valence-corrected chi connectivity index (χ2v) is 10.6. The van der Waals surface area contributed by atoms with Gasteiger partial charge < -0.3 is 14.8 Å². The SMILES string of the molecule is CCC(NC(=O)CN(c1ccc(OC)c(OC)c1)S(=O)(=O)c1ccc(C)cc1)c1ccc(C)cc1C. The molecule has 3 aromatic carbocycles. The van der Waals surface area contributed by atoms with Crippen LogP contribution < -0.4 is 19.1 Å². The molecule has 0 aliphatic heterocycles. The standard InChI is InChI=1S/C28H34N2O5S/c1-7-25(24-14-10-20(3)16-21(24)4)29-28(31)18-30(22-11-15-26(34-5)27(17-22)35-6)36(32,33)23-12-8-19(2)9-13-23/h8-17,25H,7,18H2,1-6H3,(H,29,31). The quantitative estimate of drug-likeness (QED) is 0.411. The summed E-state index contributed by atoms with van der Waals surface area (Å²) in [5, 5.41) is 3.03. The molecule has 3 aromatic rings. The largest absolute Gasteiger partial charge is 0.493 e. The Labute approximate surface area is 214 Å². The lowest BCUT2D eigenvalue weighted by Crippen LogP contribution is -2.42. The molecule has 0 aliphatic carbocycles. The summed E-state index contributed by atoms with van der Waals surface area (Å²) in [4.78, 5) is 13.4. The van der Waals surface area contributed by atoms with Crippen molar-refractivity contribution in [2.45, 2.75) is 45.1 Å². The van der Waals surface area contributed by atoms with Gasteiger partial charge in [0.15, 0.2) is 11.5 Å². The van der Waals surface area contributed by atoms with Crippen molar-refractivity contribution in [2.24, 2.45) is 0 Å². The maximum absolute atomic E-state index is 13.7. The van der Waals surface area contributed by atoms with Gasteiger partial charge in [0.2, 0.25) is 5.91 Å². The molecule has 0 bridgehead atoms. The van der Waals surface area contributed by atoms with Crippen LogP contribution >= 0.6 is 0 Å². The van der Waals surface area contributed by atoms with Crippen LogP contribution in [-0.4, -0.2) is 35.1 Å². The molecule has 0 aromatic heterocycles. The average molecular weight is 511 g/mol. The molecule has 0 fully saturated rings. The summed E-state index contributed by atoms with van der Waals surface area (Å²) in [7, 11) is -1.08. The second-order valence-electron chi connectivity index (χ2n) is 8.75. The molecule has 1 unspecified atom stereocenters. The normalized spacial score (nSPS) is 12.1. The van der Waals surface area contributed by atoms with Crippen molar-refractivity contribution in [3.05, 3.63) is 82.9 Å². The zero-order valence-electron chi connectivity index (χ0n) is 21.7. The maximum Gasteiger partial charge on any atom is 0.264 e. The first kappa shape index (κ1) is 27.1. The van der Waals surface area contributed by atoms with Crippen molar-refractivity contribution in [3.8, 4) is 11.5 Å². The number of nitrogens with one attached hydrogen (secondary N) is 1. The Hall–Kier alpha value is -3.52. The molecular weight excluding hydrogens is 476 g/mol. The Morgan fingerprint density at radius 3 is 2.11 bits per heavy atom. The minimum absolute atomic E-state index is 0.0945. The minimum Gasteiger partial charge on any atom is -0.493 e. The van der Waals surface area contributed by atoms with E-state index in [2.05, 4.69) is 11.4 Å². The highest BCUT2D eigenvalue weighted by Gasteiger charge is 2.29. The molecule has 3 rings (SSSR count). The van der Waals surface area contributed by atoms with Crippen molar-refractivity contribution in [2.75, 3.05) is 25.1 Å². The summed E-state index contributed by atoms with van der Waals surface area (Å²) in [6, 6.07) is 17.2. The van der Waals surface area contributed by atoms with E-state index in [1.54, 1.807) is 42.5 Å². The highest BCUT2D eigenvalue weighted by molar-refractivity contribution is 7.92. The number of hydrogen-bond acceptors (Lipinski definition) is 5. The number of sulfonamides is 1. The van der Waals surface area contributed by atoms with E-state index in [0.29, 0.717) is 23.6 Å². The number of carbonyl (C=O) groups is 1. The van der Waals surface area contributed by atoms with E-state index in [1.165, 1.54) is 14.2 Å². The van der Waals surface area contributed by atoms with Crippen LogP contribution in [0.5, 0.6) is 11.5 Å². The molecule has 0 saturated carbocycles. The van der Waals surface area contributed by atoms with Gasteiger partial charge in [0.1, 0.15) is 6.54 Å². The van der Waals surface area contributed by atoms with Crippen molar-refractivity contribution in [3.63, 3.8) is 0 Å². The fraction of sp³-hybridized carbons (Fsp3) is 0.321. The molecule has 8 heteroatoms. The predicted molar refractivity (Wildman–Crippen MR) is 142 cm³/mol. The third-order valence-corrected chi connectivity index (χ3v) is 7.88. The van der Waals surface area contributed by atoms with E-state index in [0.717, 1.165) is 26.6 Å². The van der Waals surface area contributed by atoms with Gasteiger partial charge in [0.25, 0.3) is 10.0 Å². The molecule has 0 spiro atoms. The van der Waals surface area contributed by atoms with Crippen LogP contribution in [0.15, 0.2) is 65.6 Å². The maximum atomic E-state index is 13.7. The Morgan fingerprint density at radius 2 is 1.53 bits per heavy atom. The zero-order chi connectivity index (χ0) is 26.5. The molecule has 1 N–H and O–H groups in total. The number of rotatable bonds is 10. The molecule has 0 aliphatic rings. The number of carbonyl (C=O) groups excluding carboxylic acids is 1. The first-order valence-corrected chi connectivity index (χ1v) is 13.2. The van der Waals surface area contributed by atoms with Gasteiger partial charge in [-0.05, 0) is 62.6 Å². The fourth-order valence-electron chi connectivity index (χ4n) is 4.12. The highest BCUT2D eigenvalue weighted by Crippen LogP contribution is 2.34. The Bertz CT molecular complexity index is 1320. The summed E-state index contributed by atoms with van der Waals surface area (Å²) in [5.74, 6) is 0.410. The summed E-state index contributed by atoms with van der Waals surface area (Å²) in [6.45, 7) is 7.50. The van der Waals surface area contributed by atoms with Gasteiger partial charge in [0, 0.05) is 6.07 Å². The molecule has 192 valence electrons. The van der Waals surface area contributed by atoms with Gasteiger partial charge in [-0.2, -0.15) is 0 Å². The summed E-state index contributed by atoms with van der Waals surface area (Å²) in [5.41, 5.74) is 4.45. The zero-order valence-corrected chi connectivity index (χ0v) is 22.5. The average Bonchev–Trinajstić information content (AvgIpc) is 2.86. The molecule has 1 atom stereocenters. The smallest absolute Gasteiger partial charge is 0.264 e. The van der Waals surface area contributed by atoms with Crippen molar-refractivity contribution in [1.82, 2.24) is 5.32 Å². The number of aryl methyl sites for hydroxylation is 3. The topological polar surface area (TPSA) is 84.9 Å². The number of hydrogen-bond donors (Lipinski definition) is 1. The number of anilines is 1. The molecule has 0 saturated heterocycles. The van der Waals surface area contributed by atoms with E-state index in [1.807, 2.05) is 39.8 Å². The predicted octanol–water partition coefficient (Wildman–Crippen LogP) is 5.09. The van der Waals surface area contributed by atoms with Gasteiger partial charge in [-0.3, -0.25) is 9.10 Å². The van der Waals surface area contributed by atoms with Crippen LogP contribution in [-0.2, 0) is 14.8 Å². The van der Waals surface area contributed by atoms with Crippen LogP contribution in [0.4, 0.5) is 5.69 Å². The van der Waals surface area contributed by atoms with E-state index >= 15 is 0 Å². The van der Waals surface area contributed by atoms with Gasteiger partial charge in [-0.15, -0.1) is 0 Å². The number of ether oxygens (including phenoxy) is 2. The van der Waals surface area contributed by atoms with Crippen LogP contribution in [0.25, 0.3) is 0 Å². The number of benzene rings is 3. The van der Waals surface area contributed by atoms with Crippen molar-refractivity contribution >= 4 is 21.6 Å². The monoisotopic (exact) mass is 510 g/mol. The third-order valence-electron chi connectivity index (χ3n) is 6.10. The highest BCUT2D eigenvalue weighted by atomic mass is 32.2. The van der Waals surface area contributed by atoms with E-state index < -0.39 is 22.5 Å². The molecule has 1 amide bonds. The molecule has 7 nitrogen and oxygen atoms in total. The van der Waals surface area contributed by atoms with E-state index in [4.69, 9.17) is 9.47 Å². The number of amides is 1. The first-order chi connectivity index (χ1) is 17.1. The van der Waals surface area contributed by atoms with E-state index in [9.17, 15) is 13.2 Å². The second kappa shape index (κ2) is 11.5. The van der Waals surface area contributed by atoms with Crippen molar-refractivity contribution < 1.29 is 22.7 Å². The van der Waals surface area contributed by atoms with Gasteiger partial charge in [-0.1, -0.05) is 48.4 Å². The molecule has 36 heavy (non-hydrogen) atoms. The lowest BCUT2D eigenvalue weighted by molar-refractivity contribution is -0.120. The van der Waals surface area contributed by atoms with E-state index in [-0.39, 0.29) is 10.9 Å². The van der Waals surface area contributed by atoms with Crippen LogP contribution in [0.1, 0.15) is 41.6 Å². The molecular formula is C28H34N2O5S. The number of methoxy groups -OCH3 is 2. The minimum atomic E-state index is -4.06. The first-order valence-electron chi connectivity index (χ1n) is 11.8. The third kappa shape index (κ3) is 5.99. The Morgan fingerprint density at radius 1 is 0.889 bits per heavy atom. The molecule has 0 heterocycles. The van der Waals surface area contributed by atoms with Crippen LogP contribution in [0.2, 0.25) is 0 Å². The Balaban J connectivity index is 1.99. The van der Waals surface area contributed by atoms with Gasteiger partial charge in [-0.25, -0.2) is 8.42 Å². The van der Waals surface area contributed by atoms with Gasteiger partial charge in [0.05, 0.1) is 30.8 Å². The van der Waals surface area contributed by atoms with Crippen molar-refractivity contribution in [1.29, 1.82) is 0 Å². The fourth-order valence-corrected chi connectivity index (χ4v) is 5.53. The summed E-state index contributed by atoms with van der Waals surface area (Å²) < 4.78 is 39.2. The summed E-state index contributed by atoms with van der Waals surface area (Å²) >= 11 is 0. The Kier molecular flexibility index (Phi) is 8.63. The lowest BCUT2D eigenvalue weighted by atomic mass is 9.97. The summed E-state index contributed by atoms with van der Waals surface area (Å²) in [6.07, 6.45) is 0.663. The lowest BCUT2D eigenvalue weighted by Gasteiger charge is -2.26. The van der Waals surface area contributed by atoms with Crippen LogP contribution in [0, 0.1) is 20.8 Å². The number of nitrogens with zero attached hydrogens (tertiary/aromatic N) is 1. The molecule has 0 radical (unpaired) electrons. The van der Waals surface area contributed by atoms with Crippen LogP contribution in [0.3, 0.4) is 0 Å². The van der Waals surface area contributed by atoms with Gasteiger partial charge >= 0.3 is 0 Å².